The maximum atomic E-state index is 12.2. The Labute approximate surface area is 155 Å². The molecule has 0 fully saturated rings. The van der Waals surface area contributed by atoms with E-state index in [0.717, 1.165) is 19.3 Å². The van der Waals surface area contributed by atoms with Crippen LogP contribution in [0, 0.1) is 12.8 Å². The first-order valence-electron chi connectivity index (χ1n) is 8.60. The maximum absolute atomic E-state index is 12.2. The van der Waals surface area contributed by atoms with Crippen LogP contribution in [0.1, 0.15) is 56.0 Å². The lowest BCUT2D eigenvalue weighted by molar-refractivity contribution is -0.124. The summed E-state index contributed by atoms with van der Waals surface area (Å²) in [6.45, 7) is 7.40. The number of primary sulfonamides is 1. The van der Waals surface area contributed by atoms with Gasteiger partial charge in [0.05, 0.1) is 10.5 Å². The van der Waals surface area contributed by atoms with Crippen LogP contribution in [-0.2, 0) is 19.6 Å². The van der Waals surface area contributed by atoms with Gasteiger partial charge in [0.25, 0.3) is 5.91 Å². The molecule has 0 aliphatic heterocycles. The fourth-order valence-electron chi connectivity index (χ4n) is 2.48. The molecule has 1 amide bonds. The first kappa shape index (κ1) is 22.1. The minimum absolute atomic E-state index is 0.0288. The Morgan fingerprint density at radius 3 is 2.42 bits per heavy atom. The highest BCUT2D eigenvalue weighted by Crippen LogP contribution is 2.17. The number of sulfonamides is 1. The molecule has 0 saturated carbocycles. The number of carbonyl (C=O) groups is 2. The number of amides is 1. The van der Waals surface area contributed by atoms with Gasteiger partial charge < -0.3 is 10.1 Å². The van der Waals surface area contributed by atoms with Crippen LogP contribution >= 0.6 is 0 Å². The smallest absolute Gasteiger partial charge is 0.340 e. The first-order chi connectivity index (χ1) is 12.0. The lowest BCUT2D eigenvalue weighted by Crippen LogP contribution is -2.36. The van der Waals surface area contributed by atoms with E-state index >= 15 is 0 Å². The Balaban J connectivity index is 2.62. The zero-order valence-corrected chi connectivity index (χ0v) is 16.6. The highest BCUT2D eigenvalue weighted by atomic mass is 32.2. The van der Waals surface area contributed by atoms with Gasteiger partial charge in [0.2, 0.25) is 10.0 Å². The van der Waals surface area contributed by atoms with Gasteiger partial charge >= 0.3 is 5.97 Å². The number of aryl methyl sites for hydroxylation is 1. The molecule has 0 saturated heterocycles. The summed E-state index contributed by atoms with van der Waals surface area (Å²) in [6, 6.07) is 4.12. The summed E-state index contributed by atoms with van der Waals surface area (Å²) in [5.74, 6) is -0.721. The predicted molar refractivity (Wildman–Crippen MR) is 99.1 cm³/mol. The van der Waals surface area contributed by atoms with Gasteiger partial charge in [0, 0.05) is 6.04 Å². The second-order valence-electron chi connectivity index (χ2n) is 6.91. The summed E-state index contributed by atoms with van der Waals surface area (Å²) in [6.07, 6.45) is 2.92. The molecule has 1 aromatic rings. The molecule has 26 heavy (non-hydrogen) atoms. The Kier molecular flexibility index (Phi) is 8.23. The number of rotatable bonds is 9. The van der Waals surface area contributed by atoms with Crippen molar-refractivity contribution in [3.63, 3.8) is 0 Å². The van der Waals surface area contributed by atoms with E-state index in [1.54, 1.807) is 6.92 Å². The van der Waals surface area contributed by atoms with Crippen molar-refractivity contribution >= 4 is 21.9 Å². The van der Waals surface area contributed by atoms with Crippen LogP contribution in [0.5, 0.6) is 0 Å². The standard InChI is InChI=1S/C18H28N2O5S/c1-12(2)6-5-7-14(4)20-17(21)11-25-18(22)15-10-13(3)8-9-16(15)26(19,23)24/h8-10,12,14H,5-7,11H2,1-4H3,(H,20,21)(H2,19,23,24). The lowest BCUT2D eigenvalue weighted by atomic mass is 10.0. The van der Waals surface area contributed by atoms with E-state index in [4.69, 9.17) is 9.88 Å². The van der Waals surface area contributed by atoms with Crippen molar-refractivity contribution in [1.29, 1.82) is 0 Å². The molecule has 146 valence electrons. The van der Waals surface area contributed by atoms with Gasteiger partial charge in [-0.15, -0.1) is 0 Å². The molecule has 1 atom stereocenters. The van der Waals surface area contributed by atoms with Gasteiger partial charge in [0.15, 0.2) is 6.61 Å². The van der Waals surface area contributed by atoms with E-state index in [0.29, 0.717) is 11.5 Å². The summed E-state index contributed by atoms with van der Waals surface area (Å²) < 4.78 is 28.1. The molecule has 1 rings (SSSR count). The number of nitrogens with two attached hydrogens (primary N) is 1. The van der Waals surface area contributed by atoms with Gasteiger partial charge in [-0.3, -0.25) is 4.79 Å². The number of carbonyl (C=O) groups excluding carboxylic acids is 2. The van der Waals surface area contributed by atoms with Crippen LogP contribution in [-0.4, -0.2) is 32.9 Å². The Hall–Kier alpha value is -1.93. The van der Waals surface area contributed by atoms with Crippen LogP contribution in [0.4, 0.5) is 0 Å². The molecule has 0 radical (unpaired) electrons. The lowest BCUT2D eigenvalue weighted by Gasteiger charge is -2.15. The molecule has 0 aliphatic rings. The number of ether oxygens (including phenoxy) is 1. The number of nitrogens with one attached hydrogen (secondary N) is 1. The summed E-state index contributed by atoms with van der Waals surface area (Å²) in [5, 5.41) is 7.88. The van der Waals surface area contributed by atoms with E-state index < -0.39 is 28.5 Å². The minimum Gasteiger partial charge on any atom is -0.452 e. The Morgan fingerprint density at radius 2 is 1.85 bits per heavy atom. The molecule has 1 unspecified atom stereocenters. The van der Waals surface area contributed by atoms with Crippen molar-refractivity contribution in [2.45, 2.75) is 57.9 Å². The van der Waals surface area contributed by atoms with E-state index in [9.17, 15) is 18.0 Å². The maximum Gasteiger partial charge on any atom is 0.340 e. The third-order valence-corrected chi connectivity index (χ3v) is 4.79. The van der Waals surface area contributed by atoms with Gasteiger partial charge in [-0.25, -0.2) is 18.4 Å². The third-order valence-electron chi connectivity index (χ3n) is 3.82. The molecule has 7 nitrogen and oxygen atoms in total. The van der Waals surface area contributed by atoms with Crippen molar-refractivity contribution in [2.75, 3.05) is 6.61 Å². The first-order valence-corrected chi connectivity index (χ1v) is 10.1. The van der Waals surface area contributed by atoms with Crippen LogP contribution in [0.3, 0.4) is 0 Å². The van der Waals surface area contributed by atoms with Crippen molar-refractivity contribution in [3.8, 4) is 0 Å². The van der Waals surface area contributed by atoms with Gasteiger partial charge in [-0.1, -0.05) is 38.3 Å². The zero-order chi connectivity index (χ0) is 19.9. The summed E-state index contributed by atoms with van der Waals surface area (Å²) in [4.78, 5) is 23.8. The number of hydrogen-bond acceptors (Lipinski definition) is 5. The van der Waals surface area contributed by atoms with Crippen molar-refractivity contribution in [3.05, 3.63) is 29.3 Å². The monoisotopic (exact) mass is 384 g/mol. The average Bonchev–Trinajstić information content (AvgIpc) is 2.50. The summed E-state index contributed by atoms with van der Waals surface area (Å²) >= 11 is 0. The second kappa shape index (κ2) is 9.68. The highest BCUT2D eigenvalue weighted by Gasteiger charge is 2.21. The van der Waals surface area contributed by atoms with Crippen LogP contribution < -0.4 is 10.5 Å². The number of esters is 1. The van der Waals surface area contributed by atoms with Crippen LogP contribution in [0.2, 0.25) is 0 Å². The molecule has 1 aromatic carbocycles. The molecule has 0 spiro atoms. The minimum atomic E-state index is -4.07. The van der Waals surface area contributed by atoms with E-state index in [1.807, 2.05) is 6.92 Å². The molecular weight excluding hydrogens is 356 g/mol. The molecule has 0 bridgehead atoms. The molecular formula is C18H28N2O5S. The Morgan fingerprint density at radius 1 is 1.19 bits per heavy atom. The molecule has 0 heterocycles. The van der Waals surface area contributed by atoms with E-state index in [-0.39, 0.29) is 16.5 Å². The average molecular weight is 384 g/mol. The molecule has 8 heteroatoms. The summed E-state index contributed by atoms with van der Waals surface area (Å²) in [5.41, 5.74) is 0.498. The fourth-order valence-corrected chi connectivity index (χ4v) is 3.19. The second-order valence-corrected chi connectivity index (χ2v) is 8.44. The zero-order valence-electron chi connectivity index (χ0n) is 15.7. The Bertz CT molecular complexity index is 744. The quantitative estimate of drug-likeness (QED) is 0.633. The van der Waals surface area contributed by atoms with Crippen molar-refractivity contribution in [2.24, 2.45) is 11.1 Å². The molecule has 0 aliphatic carbocycles. The molecule has 3 N–H and O–H groups in total. The van der Waals surface area contributed by atoms with Crippen molar-refractivity contribution < 1.29 is 22.7 Å². The SMILES string of the molecule is Cc1ccc(S(N)(=O)=O)c(C(=O)OCC(=O)NC(C)CCCC(C)C)c1. The number of benzene rings is 1. The normalized spacial score (nSPS) is 12.7. The molecule has 0 aromatic heterocycles. The van der Waals surface area contributed by atoms with E-state index in [2.05, 4.69) is 19.2 Å². The van der Waals surface area contributed by atoms with E-state index in [1.165, 1.54) is 18.2 Å². The van der Waals surface area contributed by atoms with Crippen LogP contribution in [0.25, 0.3) is 0 Å². The van der Waals surface area contributed by atoms with Crippen LogP contribution in [0.15, 0.2) is 23.1 Å². The largest absolute Gasteiger partial charge is 0.452 e. The predicted octanol–water partition coefficient (Wildman–Crippen LogP) is 2.13. The fraction of sp³-hybridized carbons (Fsp3) is 0.556. The van der Waals surface area contributed by atoms with Gasteiger partial charge in [-0.2, -0.15) is 0 Å². The van der Waals surface area contributed by atoms with Gasteiger partial charge in [-0.05, 0) is 38.3 Å². The third kappa shape index (κ3) is 7.53. The van der Waals surface area contributed by atoms with Gasteiger partial charge in [0.1, 0.15) is 0 Å². The van der Waals surface area contributed by atoms with Crippen molar-refractivity contribution in [1.82, 2.24) is 5.32 Å². The number of hydrogen-bond donors (Lipinski definition) is 2. The highest BCUT2D eigenvalue weighted by molar-refractivity contribution is 7.89. The summed E-state index contributed by atoms with van der Waals surface area (Å²) in [7, 11) is -4.07. The topological polar surface area (TPSA) is 116 Å².